The van der Waals surface area contributed by atoms with Crippen molar-refractivity contribution in [1.82, 2.24) is 4.59 Å². The first-order valence-corrected chi connectivity index (χ1v) is 16.8. The van der Waals surface area contributed by atoms with Crippen LogP contribution >= 0.6 is 0 Å². The fraction of sp³-hybridized carbons (Fsp3) is 0.452. The molecule has 0 saturated heterocycles. The standard InChI is InChI=1S/C42H54N2O/c1-15-27(39(3,4)5)20-31-26(2)17-19-44-37-32(31)21-29(41(9,10)11)24-35(37)45-36-25-30(42(12,13)14)22-33(38(36)44)34-23-28(40(6,7)8)16-18-43(34)44/h15-16,18,20-25H,2,17,19H2,1,3-14H3/q+2/b27-15+,31-20+. The van der Waals surface area contributed by atoms with Crippen LogP contribution in [0.5, 0.6) is 11.5 Å². The Hall–Kier alpha value is -3.43. The highest BCUT2D eigenvalue weighted by molar-refractivity contribution is 5.96. The zero-order chi connectivity index (χ0) is 33.1. The van der Waals surface area contributed by atoms with Crippen LogP contribution in [0.3, 0.4) is 0 Å². The van der Waals surface area contributed by atoms with Gasteiger partial charge in [0.05, 0.1) is 5.56 Å². The van der Waals surface area contributed by atoms with Crippen molar-refractivity contribution >= 4 is 16.9 Å². The van der Waals surface area contributed by atoms with E-state index in [1.807, 2.05) is 0 Å². The number of allylic oxidation sites excluding steroid dienone is 4. The Bertz CT molecular complexity index is 1820. The van der Waals surface area contributed by atoms with Crippen molar-refractivity contribution in [3.63, 3.8) is 0 Å². The maximum atomic E-state index is 7.15. The van der Waals surface area contributed by atoms with E-state index in [-0.39, 0.29) is 21.7 Å². The minimum Gasteiger partial charge on any atom is -0.444 e. The minimum absolute atomic E-state index is 0.0142. The zero-order valence-electron chi connectivity index (χ0n) is 30.1. The third kappa shape index (κ3) is 4.85. The number of quaternary nitrogens is 1. The number of aromatic nitrogens is 1. The molecule has 236 valence electrons. The predicted octanol–water partition coefficient (Wildman–Crippen LogP) is 11.4. The molecule has 1 aromatic heterocycles. The first-order valence-electron chi connectivity index (χ1n) is 16.8. The lowest BCUT2D eigenvalue weighted by molar-refractivity contribution is -0.780. The Morgan fingerprint density at radius 2 is 1.29 bits per heavy atom. The summed E-state index contributed by atoms with van der Waals surface area (Å²) in [6.07, 6.45) is 7.90. The predicted molar refractivity (Wildman–Crippen MR) is 191 cm³/mol. The molecule has 4 heterocycles. The highest BCUT2D eigenvalue weighted by atomic mass is 16.5. The molecule has 1 atom stereocenters. The lowest BCUT2D eigenvalue weighted by Gasteiger charge is -2.34. The number of fused-ring (bicyclic) bond motifs is 2. The number of benzene rings is 2. The Balaban J connectivity index is 1.79. The van der Waals surface area contributed by atoms with E-state index in [4.69, 9.17) is 11.3 Å². The van der Waals surface area contributed by atoms with Gasteiger partial charge in [0.15, 0.2) is 11.5 Å². The highest BCUT2D eigenvalue weighted by Crippen LogP contribution is 2.62. The van der Waals surface area contributed by atoms with Crippen molar-refractivity contribution < 1.29 is 9.41 Å². The van der Waals surface area contributed by atoms with Crippen molar-refractivity contribution in [2.45, 2.75) is 113 Å². The average Bonchev–Trinajstić information content (AvgIpc) is 3.13. The summed E-state index contributed by atoms with van der Waals surface area (Å²) >= 11 is 0. The van der Waals surface area contributed by atoms with E-state index in [0.717, 1.165) is 24.5 Å². The lowest BCUT2D eigenvalue weighted by atomic mass is 9.80. The van der Waals surface area contributed by atoms with Gasteiger partial charge in [0.25, 0.3) is 11.4 Å². The fourth-order valence-corrected chi connectivity index (χ4v) is 7.33. The van der Waals surface area contributed by atoms with Crippen LogP contribution in [-0.4, -0.2) is 6.54 Å². The number of rotatable bonds is 1. The van der Waals surface area contributed by atoms with Gasteiger partial charge < -0.3 is 4.74 Å². The summed E-state index contributed by atoms with van der Waals surface area (Å²) in [6.45, 7) is 35.4. The molecule has 1 spiro atoms. The molecule has 3 nitrogen and oxygen atoms in total. The maximum absolute atomic E-state index is 7.15. The van der Waals surface area contributed by atoms with Crippen LogP contribution in [0.15, 0.2) is 72.5 Å². The number of ether oxygens (including phenoxy) is 1. The lowest BCUT2D eigenvalue weighted by Crippen LogP contribution is -2.67. The van der Waals surface area contributed by atoms with E-state index >= 15 is 0 Å². The summed E-state index contributed by atoms with van der Waals surface area (Å²) in [6, 6.07) is 14.3. The molecule has 3 aromatic rings. The van der Waals surface area contributed by atoms with E-state index in [2.05, 4.69) is 149 Å². The molecule has 1 unspecified atom stereocenters. The molecule has 6 rings (SSSR count). The first-order chi connectivity index (χ1) is 20.7. The normalized spacial score (nSPS) is 20.4. The van der Waals surface area contributed by atoms with Gasteiger partial charge in [-0.15, -0.1) is 0 Å². The largest absolute Gasteiger partial charge is 0.444 e. The van der Waals surface area contributed by atoms with Crippen LogP contribution < -0.4 is 14.0 Å². The second kappa shape index (κ2) is 9.79. The molecule has 45 heavy (non-hydrogen) atoms. The highest BCUT2D eigenvalue weighted by Gasteiger charge is 2.62. The van der Waals surface area contributed by atoms with Crippen LogP contribution in [0, 0.1) is 5.41 Å². The van der Waals surface area contributed by atoms with Gasteiger partial charge in [-0.1, -0.05) is 102 Å². The van der Waals surface area contributed by atoms with Gasteiger partial charge in [-0.05, 0) is 95.5 Å². The van der Waals surface area contributed by atoms with E-state index < -0.39 is 0 Å². The van der Waals surface area contributed by atoms with Crippen molar-refractivity contribution in [3.8, 4) is 22.8 Å². The first kappa shape index (κ1) is 31.5. The maximum Gasteiger partial charge on any atom is 0.280 e. The topological polar surface area (TPSA) is 13.1 Å². The van der Waals surface area contributed by atoms with Crippen LogP contribution in [0.2, 0.25) is 0 Å². The van der Waals surface area contributed by atoms with Crippen LogP contribution in [0.25, 0.3) is 16.8 Å². The molecule has 0 fully saturated rings. The molecule has 0 bridgehead atoms. The van der Waals surface area contributed by atoms with Crippen molar-refractivity contribution in [3.05, 3.63) is 94.7 Å². The fourth-order valence-electron chi connectivity index (χ4n) is 7.33. The second-order valence-corrected chi connectivity index (χ2v) is 17.6. The molecule has 0 aliphatic carbocycles. The average molecular weight is 603 g/mol. The van der Waals surface area contributed by atoms with Crippen molar-refractivity contribution in [1.29, 1.82) is 0 Å². The summed E-state index contributed by atoms with van der Waals surface area (Å²) in [5.74, 6) is 1.94. The van der Waals surface area contributed by atoms with Crippen LogP contribution in [0.4, 0.5) is 11.4 Å². The molecular formula is C42H54N2O+2. The molecule has 3 aliphatic heterocycles. The molecule has 0 amide bonds. The molecule has 3 aliphatic rings. The van der Waals surface area contributed by atoms with Gasteiger partial charge in [-0.25, -0.2) is 0 Å². The second-order valence-electron chi connectivity index (χ2n) is 17.6. The molecule has 0 N–H and O–H groups in total. The van der Waals surface area contributed by atoms with Gasteiger partial charge in [0.1, 0.15) is 12.1 Å². The van der Waals surface area contributed by atoms with Crippen molar-refractivity contribution in [2.75, 3.05) is 6.54 Å². The molecule has 0 radical (unpaired) electrons. The summed E-state index contributed by atoms with van der Waals surface area (Å²) in [5, 5.41) is 0. The van der Waals surface area contributed by atoms with E-state index in [1.54, 1.807) is 0 Å². The zero-order valence-corrected chi connectivity index (χ0v) is 30.1. The Labute approximate surface area is 272 Å². The SMILES string of the molecule is C=C1CC[N+]23c4c(cc(C(C)(C)C)cc4/C1=C/C(=C\C)C(C)(C)C)Oc1cc(C(C)(C)C)cc(c12)-c1cc(C(C)(C)C)cc[n+]13. The summed E-state index contributed by atoms with van der Waals surface area (Å²) in [5.41, 5.74) is 13.9. The monoisotopic (exact) mass is 602 g/mol. The third-order valence-electron chi connectivity index (χ3n) is 10.2. The number of pyridine rings is 1. The van der Waals surface area contributed by atoms with Gasteiger partial charge >= 0.3 is 0 Å². The summed E-state index contributed by atoms with van der Waals surface area (Å²) < 4.78 is 10.3. The van der Waals surface area contributed by atoms with E-state index in [9.17, 15) is 0 Å². The number of nitrogens with zero attached hydrogens (tertiary/aromatic N) is 2. The smallest absolute Gasteiger partial charge is 0.280 e. The summed E-state index contributed by atoms with van der Waals surface area (Å²) in [4.78, 5) is 0. The quantitative estimate of drug-likeness (QED) is 0.199. The number of hydrogen-bond acceptors (Lipinski definition) is 1. The molecule has 0 saturated carbocycles. The van der Waals surface area contributed by atoms with Gasteiger partial charge in [0.2, 0.25) is 11.9 Å². The molecule has 3 heteroatoms. The Morgan fingerprint density at radius 3 is 1.80 bits per heavy atom. The van der Waals surface area contributed by atoms with Gasteiger partial charge in [0, 0.05) is 18.6 Å². The van der Waals surface area contributed by atoms with Crippen LogP contribution in [-0.2, 0) is 16.2 Å². The summed E-state index contributed by atoms with van der Waals surface area (Å²) in [7, 11) is 0. The molecule has 2 aromatic carbocycles. The third-order valence-corrected chi connectivity index (χ3v) is 10.2. The van der Waals surface area contributed by atoms with Gasteiger partial charge in [-0.2, -0.15) is 0 Å². The van der Waals surface area contributed by atoms with E-state index in [1.165, 1.54) is 61.6 Å². The Kier molecular flexibility index (Phi) is 6.86. The van der Waals surface area contributed by atoms with Crippen LogP contribution in [0.1, 0.15) is 119 Å². The Morgan fingerprint density at radius 1 is 0.756 bits per heavy atom. The van der Waals surface area contributed by atoms with Gasteiger partial charge in [-0.3, -0.25) is 0 Å². The van der Waals surface area contributed by atoms with Crippen molar-refractivity contribution in [2.24, 2.45) is 5.41 Å². The minimum atomic E-state index is -0.0533. The number of hydrogen-bond donors (Lipinski definition) is 0. The van der Waals surface area contributed by atoms with E-state index in [0.29, 0.717) is 4.59 Å². The molecular weight excluding hydrogens is 548 g/mol.